The summed E-state index contributed by atoms with van der Waals surface area (Å²) in [5.74, 6) is 3.33. The standard InChI is InChI=1S/C21H22O6/c1-11-6-13-7-17(23-3)19-20(27-10-26-19)18(13)21(22,12(11)2)14-4-5-15-16(8-14)25-9-24-15/h4-5,7-8,11-12,22H,6,9-10H2,1-3H3/t11-,12-,21+/m1/s1. The summed E-state index contributed by atoms with van der Waals surface area (Å²) < 4.78 is 27.9. The maximum atomic E-state index is 12.1. The molecule has 1 aliphatic carbocycles. The Hall–Kier alpha value is -2.60. The zero-order valence-corrected chi connectivity index (χ0v) is 15.6. The number of hydrogen-bond acceptors (Lipinski definition) is 6. The van der Waals surface area contributed by atoms with Gasteiger partial charge >= 0.3 is 0 Å². The first kappa shape index (κ1) is 16.6. The Morgan fingerprint density at radius 1 is 1.00 bits per heavy atom. The highest BCUT2D eigenvalue weighted by Gasteiger charge is 2.49. The molecule has 2 aromatic rings. The Kier molecular flexibility index (Phi) is 3.49. The molecule has 2 heterocycles. The van der Waals surface area contributed by atoms with Crippen molar-refractivity contribution in [3.63, 3.8) is 0 Å². The molecule has 142 valence electrons. The lowest BCUT2D eigenvalue weighted by Crippen LogP contribution is -2.43. The first-order chi connectivity index (χ1) is 13.0. The quantitative estimate of drug-likeness (QED) is 0.876. The summed E-state index contributed by atoms with van der Waals surface area (Å²) in [7, 11) is 1.61. The van der Waals surface area contributed by atoms with Crippen LogP contribution in [0.2, 0.25) is 0 Å². The van der Waals surface area contributed by atoms with Crippen molar-refractivity contribution in [2.75, 3.05) is 20.7 Å². The van der Waals surface area contributed by atoms with E-state index in [0.717, 1.165) is 23.1 Å². The maximum absolute atomic E-state index is 12.1. The van der Waals surface area contributed by atoms with Gasteiger partial charge in [0.1, 0.15) is 5.60 Å². The topological polar surface area (TPSA) is 66.4 Å². The van der Waals surface area contributed by atoms with E-state index in [4.69, 9.17) is 23.7 Å². The highest BCUT2D eigenvalue weighted by atomic mass is 16.7. The Morgan fingerprint density at radius 3 is 2.56 bits per heavy atom. The second-order valence-electron chi connectivity index (χ2n) is 7.48. The lowest BCUT2D eigenvalue weighted by molar-refractivity contribution is -0.0119. The van der Waals surface area contributed by atoms with Gasteiger partial charge < -0.3 is 28.8 Å². The molecule has 3 atom stereocenters. The van der Waals surface area contributed by atoms with Crippen LogP contribution in [0.5, 0.6) is 28.7 Å². The Balaban J connectivity index is 1.77. The number of aliphatic hydroxyl groups is 1. The van der Waals surface area contributed by atoms with Crippen LogP contribution in [-0.4, -0.2) is 25.8 Å². The van der Waals surface area contributed by atoms with Crippen LogP contribution in [0.3, 0.4) is 0 Å². The van der Waals surface area contributed by atoms with Gasteiger partial charge in [0.25, 0.3) is 0 Å². The summed E-state index contributed by atoms with van der Waals surface area (Å²) in [5, 5.41) is 12.1. The number of rotatable bonds is 2. The third kappa shape index (κ3) is 2.16. The van der Waals surface area contributed by atoms with Crippen LogP contribution in [0.4, 0.5) is 0 Å². The van der Waals surface area contributed by atoms with Gasteiger partial charge in [-0.1, -0.05) is 19.9 Å². The van der Waals surface area contributed by atoms with E-state index in [2.05, 4.69) is 13.8 Å². The summed E-state index contributed by atoms with van der Waals surface area (Å²) in [4.78, 5) is 0. The number of ether oxygens (including phenoxy) is 5. The lowest BCUT2D eigenvalue weighted by Gasteiger charge is -2.44. The predicted molar refractivity (Wildman–Crippen MR) is 96.7 cm³/mol. The van der Waals surface area contributed by atoms with Crippen LogP contribution >= 0.6 is 0 Å². The molecule has 0 saturated heterocycles. The molecule has 2 aromatic carbocycles. The molecule has 2 aliphatic heterocycles. The molecular formula is C21H22O6. The molecule has 0 radical (unpaired) electrons. The SMILES string of the molecule is COc1cc2c(c3c1OCO3)[C@@](O)(c1ccc3c(c1)OCO3)[C@H](C)[C@H](C)C2. The maximum Gasteiger partial charge on any atom is 0.231 e. The minimum Gasteiger partial charge on any atom is -0.493 e. The van der Waals surface area contributed by atoms with E-state index in [9.17, 15) is 5.11 Å². The van der Waals surface area contributed by atoms with Crippen LogP contribution in [0.1, 0.15) is 30.5 Å². The molecule has 3 aliphatic rings. The summed E-state index contributed by atoms with van der Waals surface area (Å²) in [5.41, 5.74) is 1.30. The third-order valence-electron chi connectivity index (χ3n) is 6.16. The van der Waals surface area contributed by atoms with Crippen molar-refractivity contribution in [1.82, 2.24) is 0 Å². The van der Waals surface area contributed by atoms with E-state index >= 15 is 0 Å². The number of fused-ring (bicyclic) bond motifs is 4. The highest BCUT2D eigenvalue weighted by Crippen LogP contribution is 2.57. The second kappa shape index (κ2) is 5.70. The van der Waals surface area contributed by atoms with E-state index in [1.807, 2.05) is 24.3 Å². The Labute approximate surface area is 157 Å². The minimum absolute atomic E-state index is 0.0351. The fourth-order valence-electron chi connectivity index (χ4n) is 4.52. The van der Waals surface area contributed by atoms with Crippen molar-refractivity contribution in [1.29, 1.82) is 0 Å². The molecule has 1 N–H and O–H groups in total. The van der Waals surface area contributed by atoms with Gasteiger partial charge in [0.2, 0.25) is 19.3 Å². The Morgan fingerprint density at radius 2 is 1.74 bits per heavy atom. The van der Waals surface area contributed by atoms with Gasteiger partial charge in [0.15, 0.2) is 23.0 Å². The molecule has 6 heteroatoms. The van der Waals surface area contributed by atoms with Crippen LogP contribution in [-0.2, 0) is 12.0 Å². The Bertz CT molecular complexity index is 923. The average Bonchev–Trinajstić information content (AvgIpc) is 3.33. The smallest absolute Gasteiger partial charge is 0.231 e. The van der Waals surface area contributed by atoms with Crippen LogP contribution in [0, 0.1) is 11.8 Å². The summed E-state index contributed by atoms with van der Waals surface area (Å²) >= 11 is 0. The largest absolute Gasteiger partial charge is 0.493 e. The molecule has 6 nitrogen and oxygen atoms in total. The van der Waals surface area contributed by atoms with Gasteiger partial charge in [-0.15, -0.1) is 0 Å². The zero-order valence-electron chi connectivity index (χ0n) is 15.6. The molecule has 0 saturated carbocycles. The van der Waals surface area contributed by atoms with Crippen molar-refractivity contribution in [2.45, 2.75) is 25.9 Å². The number of methoxy groups -OCH3 is 1. The van der Waals surface area contributed by atoms with Gasteiger partial charge in [0, 0.05) is 5.56 Å². The molecule has 0 spiro atoms. The van der Waals surface area contributed by atoms with Crippen molar-refractivity contribution in [3.05, 3.63) is 41.0 Å². The normalized spacial score (nSPS) is 27.4. The number of hydrogen-bond donors (Lipinski definition) is 1. The monoisotopic (exact) mass is 370 g/mol. The van der Waals surface area contributed by atoms with E-state index in [1.165, 1.54) is 0 Å². The van der Waals surface area contributed by atoms with E-state index in [-0.39, 0.29) is 25.4 Å². The van der Waals surface area contributed by atoms with E-state index in [0.29, 0.717) is 28.7 Å². The van der Waals surface area contributed by atoms with Gasteiger partial charge in [-0.3, -0.25) is 0 Å². The van der Waals surface area contributed by atoms with Crippen molar-refractivity contribution in [2.24, 2.45) is 11.8 Å². The molecule has 27 heavy (non-hydrogen) atoms. The molecule has 0 bridgehead atoms. The first-order valence-corrected chi connectivity index (χ1v) is 9.16. The molecule has 0 unspecified atom stereocenters. The van der Waals surface area contributed by atoms with E-state index in [1.54, 1.807) is 7.11 Å². The molecular weight excluding hydrogens is 348 g/mol. The number of benzene rings is 2. The van der Waals surface area contributed by atoms with Gasteiger partial charge in [-0.25, -0.2) is 0 Å². The molecule has 5 rings (SSSR count). The average molecular weight is 370 g/mol. The highest BCUT2D eigenvalue weighted by molar-refractivity contribution is 5.65. The van der Waals surface area contributed by atoms with Crippen LogP contribution in [0.15, 0.2) is 24.3 Å². The summed E-state index contributed by atoms with van der Waals surface area (Å²) in [6, 6.07) is 7.58. The lowest BCUT2D eigenvalue weighted by atomic mass is 9.64. The first-order valence-electron chi connectivity index (χ1n) is 9.16. The molecule has 0 amide bonds. The van der Waals surface area contributed by atoms with Gasteiger partial charge in [0.05, 0.1) is 7.11 Å². The van der Waals surface area contributed by atoms with Crippen LogP contribution < -0.4 is 23.7 Å². The summed E-state index contributed by atoms with van der Waals surface area (Å²) in [6.07, 6.45) is 0.830. The minimum atomic E-state index is -1.24. The zero-order chi connectivity index (χ0) is 18.8. The third-order valence-corrected chi connectivity index (χ3v) is 6.16. The predicted octanol–water partition coefficient (Wildman–Crippen LogP) is 3.22. The molecule has 0 fully saturated rings. The van der Waals surface area contributed by atoms with Gasteiger partial charge in [-0.05, 0) is 47.6 Å². The van der Waals surface area contributed by atoms with Crippen molar-refractivity contribution in [3.8, 4) is 28.7 Å². The fourth-order valence-corrected chi connectivity index (χ4v) is 4.52. The van der Waals surface area contributed by atoms with Crippen molar-refractivity contribution >= 4 is 0 Å². The van der Waals surface area contributed by atoms with Gasteiger partial charge in [-0.2, -0.15) is 0 Å². The van der Waals surface area contributed by atoms with Crippen LogP contribution in [0.25, 0.3) is 0 Å². The fraction of sp³-hybridized carbons (Fsp3) is 0.429. The second-order valence-corrected chi connectivity index (χ2v) is 7.48. The van der Waals surface area contributed by atoms with Crippen molar-refractivity contribution < 1.29 is 28.8 Å². The van der Waals surface area contributed by atoms with E-state index < -0.39 is 5.60 Å². The molecule has 0 aromatic heterocycles. The summed E-state index contributed by atoms with van der Waals surface area (Å²) in [6.45, 7) is 4.54.